The number of rotatable bonds is 3. The Kier molecular flexibility index (Phi) is 3.37. The molecule has 1 heterocycles. The van der Waals surface area contributed by atoms with Crippen LogP contribution in [0.1, 0.15) is 16.8 Å². The average Bonchev–Trinajstić information content (AvgIpc) is 2.38. The van der Waals surface area contributed by atoms with Crippen LogP contribution in [0, 0.1) is 18.3 Å². The molecule has 3 heteroatoms. The third-order valence-electron chi connectivity index (χ3n) is 2.48. The van der Waals surface area contributed by atoms with Crippen LogP contribution in [0.3, 0.4) is 0 Å². The standard InChI is InChI=1S/C14H13N3/c1-11-6-7-13(16-9-11)10-17-14-5-3-2-4-12(14)8-15/h2-7,9,17H,10H2,1H3. The molecule has 84 valence electrons. The summed E-state index contributed by atoms with van der Waals surface area (Å²) in [6, 6.07) is 13.6. The quantitative estimate of drug-likeness (QED) is 0.870. The molecule has 0 atom stereocenters. The average molecular weight is 223 g/mol. The SMILES string of the molecule is Cc1ccc(CNc2ccccc2C#N)nc1. The minimum absolute atomic E-state index is 0.624. The lowest BCUT2D eigenvalue weighted by Gasteiger charge is -2.07. The minimum Gasteiger partial charge on any atom is -0.378 e. The monoisotopic (exact) mass is 223 g/mol. The van der Waals surface area contributed by atoms with Gasteiger partial charge in [-0.15, -0.1) is 0 Å². The number of hydrogen-bond donors (Lipinski definition) is 1. The van der Waals surface area contributed by atoms with Gasteiger partial charge in [0, 0.05) is 6.20 Å². The molecule has 0 amide bonds. The smallest absolute Gasteiger partial charge is 0.101 e. The van der Waals surface area contributed by atoms with Crippen molar-refractivity contribution in [3.05, 3.63) is 59.4 Å². The summed E-state index contributed by atoms with van der Waals surface area (Å²) in [4.78, 5) is 4.30. The summed E-state index contributed by atoms with van der Waals surface area (Å²) in [6.07, 6.45) is 1.84. The fourth-order valence-corrected chi connectivity index (χ4v) is 1.52. The van der Waals surface area contributed by atoms with Crippen LogP contribution >= 0.6 is 0 Å². The number of nitrogens with zero attached hydrogens (tertiary/aromatic N) is 2. The van der Waals surface area contributed by atoms with E-state index in [1.54, 1.807) is 6.07 Å². The van der Waals surface area contributed by atoms with Crippen LogP contribution in [0.2, 0.25) is 0 Å². The summed E-state index contributed by atoms with van der Waals surface area (Å²) in [5, 5.41) is 12.2. The lowest BCUT2D eigenvalue weighted by molar-refractivity contribution is 1.04. The van der Waals surface area contributed by atoms with E-state index in [-0.39, 0.29) is 0 Å². The van der Waals surface area contributed by atoms with Crippen molar-refractivity contribution in [2.24, 2.45) is 0 Å². The van der Waals surface area contributed by atoms with Crippen molar-refractivity contribution in [1.29, 1.82) is 5.26 Å². The molecule has 0 aliphatic carbocycles. The van der Waals surface area contributed by atoms with Gasteiger partial charge < -0.3 is 5.32 Å². The second kappa shape index (κ2) is 5.13. The summed E-state index contributed by atoms with van der Waals surface area (Å²) in [7, 11) is 0. The summed E-state index contributed by atoms with van der Waals surface area (Å²) in [5.41, 5.74) is 3.60. The van der Waals surface area contributed by atoms with Crippen LogP contribution in [-0.2, 0) is 6.54 Å². The predicted molar refractivity (Wildman–Crippen MR) is 67.5 cm³/mol. The molecule has 0 fully saturated rings. The highest BCUT2D eigenvalue weighted by Gasteiger charge is 2.00. The fourth-order valence-electron chi connectivity index (χ4n) is 1.52. The molecule has 0 aliphatic heterocycles. The summed E-state index contributed by atoms with van der Waals surface area (Å²) >= 11 is 0. The molecule has 0 aliphatic rings. The molecule has 1 aromatic carbocycles. The van der Waals surface area contributed by atoms with E-state index in [9.17, 15) is 0 Å². The minimum atomic E-state index is 0.624. The first-order valence-electron chi connectivity index (χ1n) is 5.44. The van der Waals surface area contributed by atoms with E-state index in [0.717, 1.165) is 16.9 Å². The lowest BCUT2D eigenvalue weighted by Crippen LogP contribution is -2.02. The van der Waals surface area contributed by atoms with Gasteiger partial charge in [-0.2, -0.15) is 5.26 Å². The van der Waals surface area contributed by atoms with Gasteiger partial charge in [0.2, 0.25) is 0 Å². The highest BCUT2D eigenvalue weighted by Crippen LogP contribution is 2.14. The molecular weight excluding hydrogens is 210 g/mol. The number of pyridine rings is 1. The Labute approximate surface area is 101 Å². The van der Waals surface area contributed by atoms with Crippen molar-refractivity contribution in [3.8, 4) is 6.07 Å². The summed E-state index contributed by atoms with van der Waals surface area (Å²) in [5.74, 6) is 0. The largest absolute Gasteiger partial charge is 0.378 e. The Balaban J connectivity index is 2.08. The normalized spacial score (nSPS) is 9.65. The van der Waals surface area contributed by atoms with Gasteiger partial charge in [0.25, 0.3) is 0 Å². The van der Waals surface area contributed by atoms with Crippen LogP contribution in [0.4, 0.5) is 5.69 Å². The molecule has 2 aromatic rings. The molecule has 1 N–H and O–H groups in total. The zero-order valence-electron chi connectivity index (χ0n) is 9.64. The Morgan fingerprint density at radius 3 is 2.76 bits per heavy atom. The zero-order chi connectivity index (χ0) is 12.1. The van der Waals surface area contributed by atoms with Crippen molar-refractivity contribution in [1.82, 2.24) is 4.98 Å². The first-order valence-corrected chi connectivity index (χ1v) is 5.44. The maximum absolute atomic E-state index is 8.95. The van der Waals surface area contributed by atoms with E-state index < -0.39 is 0 Å². The van der Waals surface area contributed by atoms with Crippen molar-refractivity contribution in [3.63, 3.8) is 0 Å². The van der Waals surface area contributed by atoms with E-state index in [1.807, 2.05) is 43.5 Å². The molecule has 0 saturated heterocycles. The number of nitriles is 1. The molecule has 17 heavy (non-hydrogen) atoms. The number of para-hydroxylation sites is 1. The molecule has 0 saturated carbocycles. The fraction of sp³-hybridized carbons (Fsp3) is 0.143. The second-order valence-corrected chi connectivity index (χ2v) is 3.84. The molecule has 0 unspecified atom stereocenters. The molecule has 0 radical (unpaired) electrons. The maximum Gasteiger partial charge on any atom is 0.101 e. The molecule has 3 nitrogen and oxygen atoms in total. The number of aryl methyl sites for hydroxylation is 1. The molecule has 1 aromatic heterocycles. The van der Waals surface area contributed by atoms with E-state index in [2.05, 4.69) is 16.4 Å². The number of aromatic nitrogens is 1. The van der Waals surface area contributed by atoms with E-state index in [0.29, 0.717) is 12.1 Å². The van der Waals surface area contributed by atoms with Gasteiger partial charge in [0.1, 0.15) is 6.07 Å². The Morgan fingerprint density at radius 1 is 1.24 bits per heavy atom. The van der Waals surface area contributed by atoms with E-state index in [4.69, 9.17) is 5.26 Å². The summed E-state index contributed by atoms with van der Waals surface area (Å²) in [6.45, 7) is 2.63. The number of benzene rings is 1. The highest BCUT2D eigenvalue weighted by molar-refractivity contribution is 5.57. The first-order chi connectivity index (χ1) is 8.29. The van der Waals surface area contributed by atoms with Gasteiger partial charge in [-0.25, -0.2) is 0 Å². The zero-order valence-corrected chi connectivity index (χ0v) is 9.64. The molecular formula is C14H13N3. The van der Waals surface area contributed by atoms with Crippen molar-refractivity contribution >= 4 is 5.69 Å². The van der Waals surface area contributed by atoms with Gasteiger partial charge in [0.05, 0.1) is 23.5 Å². The number of nitrogens with one attached hydrogen (secondary N) is 1. The van der Waals surface area contributed by atoms with Gasteiger partial charge in [-0.3, -0.25) is 4.98 Å². The molecule has 2 rings (SSSR count). The highest BCUT2D eigenvalue weighted by atomic mass is 14.9. The van der Waals surface area contributed by atoms with Crippen LogP contribution < -0.4 is 5.32 Å². The van der Waals surface area contributed by atoms with Crippen LogP contribution in [0.25, 0.3) is 0 Å². The van der Waals surface area contributed by atoms with Crippen molar-refractivity contribution < 1.29 is 0 Å². The van der Waals surface area contributed by atoms with Gasteiger partial charge in [0.15, 0.2) is 0 Å². The Hall–Kier alpha value is -2.34. The number of anilines is 1. The van der Waals surface area contributed by atoms with Crippen LogP contribution in [0.15, 0.2) is 42.6 Å². The Morgan fingerprint density at radius 2 is 2.06 bits per heavy atom. The third kappa shape index (κ3) is 2.82. The van der Waals surface area contributed by atoms with E-state index in [1.165, 1.54) is 0 Å². The lowest BCUT2D eigenvalue weighted by atomic mass is 10.2. The topological polar surface area (TPSA) is 48.7 Å². The van der Waals surface area contributed by atoms with Gasteiger partial charge in [-0.05, 0) is 30.7 Å². The second-order valence-electron chi connectivity index (χ2n) is 3.84. The van der Waals surface area contributed by atoms with Crippen molar-refractivity contribution in [2.45, 2.75) is 13.5 Å². The van der Waals surface area contributed by atoms with Crippen LogP contribution in [-0.4, -0.2) is 4.98 Å². The van der Waals surface area contributed by atoms with E-state index >= 15 is 0 Å². The maximum atomic E-state index is 8.95. The van der Waals surface area contributed by atoms with Gasteiger partial charge in [-0.1, -0.05) is 18.2 Å². The Bertz CT molecular complexity index is 538. The van der Waals surface area contributed by atoms with Crippen LogP contribution in [0.5, 0.6) is 0 Å². The van der Waals surface area contributed by atoms with Gasteiger partial charge >= 0.3 is 0 Å². The predicted octanol–water partition coefficient (Wildman–Crippen LogP) is 2.87. The first kappa shape index (κ1) is 11.2. The van der Waals surface area contributed by atoms with Crippen molar-refractivity contribution in [2.75, 3.05) is 5.32 Å². The molecule has 0 bridgehead atoms. The third-order valence-corrected chi connectivity index (χ3v) is 2.48. The summed E-state index contributed by atoms with van der Waals surface area (Å²) < 4.78 is 0. The molecule has 0 spiro atoms. The number of hydrogen-bond acceptors (Lipinski definition) is 3.